The molecular formula is C10H14F3N3. The van der Waals surface area contributed by atoms with Crippen molar-refractivity contribution in [3.63, 3.8) is 0 Å². The van der Waals surface area contributed by atoms with Gasteiger partial charge in [-0.05, 0) is 18.6 Å². The third kappa shape index (κ3) is 3.96. The van der Waals surface area contributed by atoms with Crippen LogP contribution in [-0.4, -0.2) is 24.2 Å². The molecule has 1 aromatic heterocycles. The minimum Gasteiger partial charge on any atom is -0.397 e. The van der Waals surface area contributed by atoms with Crippen molar-refractivity contribution < 1.29 is 13.2 Å². The van der Waals surface area contributed by atoms with Crippen LogP contribution in [0.25, 0.3) is 0 Å². The molecule has 90 valence electrons. The van der Waals surface area contributed by atoms with Crippen LogP contribution in [0.3, 0.4) is 0 Å². The lowest BCUT2D eigenvalue weighted by atomic mass is 10.3. The number of alkyl halides is 3. The van der Waals surface area contributed by atoms with Crippen molar-refractivity contribution in [2.75, 3.05) is 23.7 Å². The molecule has 0 radical (unpaired) electrons. The molecule has 1 heterocycles. The first-order chi connectivity index (χ1) is 7.42. The fourth-order valence-electron chi connectivity index (χ4n) is 1.35. The maximum Gasteiger partial charge on any atom is 0.405 e. The molecular weight excluding hydrogens is 219 g/mol. The van der Waals surface area contributed by atoms with E-state index in [1.807, 2.05) is 6.92 Å². The summed E-state index contributed by atoms with van der Waals surface area (Å²) in [6.45, 7) is 1.15. The summed E-state index contributed by atoms with van der Waals surface area (Å²) in [7, 11) is 0. The van der Waals surface area contributed by atoms with Crippen LogP contribution in [-0.2, 0) is 0 Å². The molecule has 0 aromatic carbocycles. The third-order valence-electron chi connectivity index (χ3n) is 1.96. The van der Waals surface area contributed by atoms with Crippen molar-refractivity contribution in [2.45, 2.75) is 19.5 Å². The van der Waals surface area contributed by atoms with Gasteiger partial charge in [0.15, 0.2) is 0 Å². The Bertz CT molecular complexity index is 321. The Balaban J connectivity index is 2.80. The number of anilines is 2. The zero-order valence-corrected chi connectivity index (χ0v) is 8.96. The normalized spacial score (nSPS) is 11.5. The molecule has 1 aromatic rings. The van der Waals surface area contributed by atoms with Crippen LogP contribution in [0.15, 0.2) is 18.3 Å². The molecule has 0 aliphatic rings. The van der Waals surface area contributed by atoms with Gasteiger partial charge in [-0.2, -0.15) is 13.2 Å². The molecule has 0 aliphatic carbocycles. The van der Waals surface area contributed by atoms with Crippen LogP contribution in [0, 0.1) is 0 Å². The second-order valence-corrected chi connectivity index (χ2v) is 3.49. The van der Waals surface area contributed by atoms with Crippen LogP contribution < -0.4 is 10.6 Å². The molecule has 0 atom stereocenters. The van der Waals surface area contributed by atoms with Gasteiger partial charge in [-0.3, -0.25) is 0 Å². The van der Waals surface area contributed by atoms with Gasteiger partial charge in [-0.25, -0.2) is 4.98 Å². The fourth-order valence-corrected chi connectivity index (χ4v) is 1.35. The average Bonchev–Trinajstić information content (AvgIpc) is 2.16. The molecule has 3 nitrogen and oxygen atoms in total. The molecule has 0 unspecified atom stereocenters. The Morgan fingerprint density at radius 3 is 2.50 bits per heavy atom. The van der Waals surface area contributed by atoms with E-state index in [-0.39, 0.29) is 0 Å². The van der Waals surface area contributed by atoms with Gasteiger partial charge < -0.3 is 10.6 Å². The molecule has 2 N–H and O–H groups in total. The molecule has 0 aliphatic heterocycles. The molecule has 0 spiro atoms. The smallest absolute Gasteiger partial charge is 0.397 e. The van der Waals surface area contributed by atoms with Gasteiger partial charge in [-0.15, -0.1) is 0 Å². The minimum absolute atomic E-state index is 0.299. The summed E-state index contributed by atoms with van der Waals surface area (Å²) in [6, 6.07) is 3.04. The number of aromatic nitrogens is 1. The van der Waals surface area contributed by atoms with Gasteiger partial charge in [0.05, 0.1) is 11.9 Å². The van der Waals surface area contributed by atoms with Gasteiger partial charge in [-0.1, -0.05) is 6.92 Å². The number of rotatable bonds is 4. The lowest BCUT2D eigenvalue weighted by molar-refractivity contribution is -0.119. The van der Waals surface area contributed by atoms with Crippen molar-refractivity contribution in [2.24, 2.45) is 0 Å². The maximum absolute atomic E-state index is 12.3. The highest BCUT2D eigenvalue weighted by atomic mass is 19.4. The van der Waals surface area contributed by atoms with E-state index in [0.29, 0.717) is 24.5 Å². The second kappa shape index (κ2) is 5.05. The summed E-state index contributed by atoms with van der Waals surface area (Å²) < 4.78 is 36.9. The van der Waals surface area contributed by atoms with E-state index in [9.17, 15) is 13.2 Å². The Morgan fingerprint density at radius 2 is 2.06 bits per heavy atom. The van der Waals surface area contributed by atoms with Crippen LogP contribution in [0.5, 0.6) is 0 Å². The summed E-state index contributed by atoms with van der Waals surface area (Å²) in [5.74, 6) is 0.299. The monoisotopic (exact) mass is 233 g/mol. The first-order valence-electron chi connectivity index (χ1n) is 4.95. The average molecular weight is 233 g/mol. The van der Waals surface area contributed by atoms with Gasteiger partial charge in [0.25, 0.3) is 0 Å². The first-order valence-corrected chi connectivity index (χ1v) is 4.95. The van der Waals surface area contributed by atoms with E-state index in [1.165, 1.54) is 17.2 Å². The summed E-state index contributed by atoms with van der Waals surface area (Å²) in [6.07, 6.45) is -2.24. The highest BCUT2D eigenvalue weighted by molar-refractivity contribution is 5.45. The van der Waals surface area contributed by atoms with Crippen molar-refractivity contribution in [1.82, 2.24) is 4.98 Å². The molecule has 0 fully saturated rings. The molecule has 0 saturated carbocycles. The van der Waals surface area contributed by atoms with Crippen molar-refractivity contribution >= 4 is 11.5 Å². The molecule has 1 rings (SSSR count). The predicted molar refractivity (Wildman–Crippen MR) is 57.2 cm³/mol. The first kappa shape index (κ1) is 12.6. The Kier molecular flexibility index (Phi) is 3.98. The van der Waals surface area contributed by atoms with E-state index in [0.717, 1.165) is 0 Å². The number of hydrogen-bond acceptors (Lipinski definition) is 3. The molecule has 0 bridgehead atoms. The number of nitrogens with two attached hydrogens (primary N) is 1. The Labute approximate surface area is 92.1 Å². The van der Waals surface area contributed by atoms with Crippen LogP contribution in [0.4, 0.5) is 24.7 Å². The summed E-state index contributed by atoms with van der Waals surface area (Å²) >= 11 is 0. The highest BCUT2D eigenvalue weighted by Crippen LogP contribution is 2.21. The number of halogens is 3. The van der Waals surface area contributed by atoms with Gasteiger partial charge in [0.1, 0.15) is 12.4 Å². The lowest BCUT2D eigenvalue weighted by Gasteiger charge is -2.24. The predicted octanol–water partition coefficient (Wildman–Crippen LogP) is 2.44. The van der Waals surface area contributed by atoms with E-state index >= 15 is 0 Å². The van der Waals surface area contributed by atoms with Gasteiger partial charge in [0, 0.05) is 6.54 Å². The zero-order chi connectivity index (χ0) is 12.2. The standard InChI is InChI=1S/C10H14F3N3/c1-2-5-16(7-10(11,12)13)9-4-3-8(14)6-15-9/h3-4,6H,2,5,7,14H2,1H3. The van der Waals surface area contributed by atoms with E-state index in [1.54, 1.807) is 6.07 Å². The number of pyridine rings is 1. The van der Waals surface area contributed by atoms with Crippen molar-refractivity contribution in [3.05, 3.63) is 18.3 Å². The van der Waals surface area contributed by atoms with Gasteiger partial charge >= 0.3 is 6.18 Å². The van der Waals surface area contributed by atoms with Crippen LogP contribution in [0.1, 0.15) is 13.3 Å². The number of nitrogens with zero attached hydrogens (tertiary/aromatic N) is 2. The molecule has 6 heteroatoms. The van der Waals surface area contributed by atoms with Crippen molar-refractivity contribution in [1.29, 1.82) is 0 Å². The fraction of sp³-hybridized carbons (Fsp3) is 0.500. The highest BCUT2D eigenvalue weighted by Gasteiger charge is 2.30. The summed E-state index contributed by atoms with van der Waals surface area (Å²) in [5.41, 5.74) is 5.86. The molecule has 0 saturated heterocycles. The minimum atomic E-state index is -4.22. The van der Waals surface area contributed by atoms with Crippen molar-refractivity contribution in [3.8, 4) is 0 Å². The van der Waals surface area contributed by atoms with E-state index in [2.05, 4.69) is 4.98 Å². The summed E-state index contributed by atoms with van der Waals surface area (Å²) in [4.78, 5) is 5.08. The Morgan fingerprint density at radius 1 is 1.38 bits per heavy atom. The Hall–Kier alpha value is -1.46. The van der Waals surface area contributed by atoms with E-state index in [4.69, 9.17) is 5.73 Å². The largest absolute Gasteiger partial charge is 0.405 e. The maximum atomic E-state index is 12.3. The topological polar surface area (TPSA) is 42.1 Å². The molecule has 16 heavy (non-hydrogen) atoms. The summed E-state index contributed by atoms with van der Waals surface area (Å²) in [5, 5.41) is 0. The number of nitrogen functional groups attached to an aromatic ring is 1. The lowest BCUT2D eigenvalue weighted by Crippen LogP contribution is -2.35. The molecule has 0 amide bonds. The van der Waals surface area contributed by atoms with Crippen LogP contribution in [0.2, 0.25) is 0 Å². The third-order valence-corrected chi connectivity index (χ3v) is 1.96. The quantitative estimate of drug-likeness (QED) is 0.868. The second-order valence-electron chi connectivity index (χ2n) is 3.49. The zero-order valence-electron chi connectivity index (χ0n) is 8.96. The van der Waals surface area contributed by atoms with Gasteiger partial charge in [0.2, 0.25) is 0 Å². The van der Waals surface area contributed by atoms with E-state index < -0.39 is 12.7 Å². The SMILES string of the molecule is CCCN(CC(F)(F)F)c1ccc(N)cn1. The van der Waals surface area contributed by atoms with Crippen LogP contribution >= 0.6 is 0 Å². The number of hydrogen-bond donors (Lipinski definition) is 1.